The van der Waals surface area contributed by atoms with Crippen LogP contribution in [0.1, 0.15) is 26.2 Å². The van der Waals surface area contributed by atoms with Crippen molar-refractivity contribution in [3.8, 4) is 23.0 Å². The Balaban J connectivity index is 2.11. The average molecular weight is 481 g/mol. The Morgan fingerprint density at radius 2 is 2.14 bits per heavy atom. The van der Waals surface area contributed by atoms with Gasteiger partial charge in [-0.05, 0) is 47.8 Å². The monoisotopic (exact) mass is 480 g/mol. The van der Waals surface area contributed by atoms with Gasteiger partial charge in [0.2, 0.25) is 0 Å². The number of carbonyl (C=O) groups excluding carboxylic acids is 1. The summed E-state index contributed by atoms with van der Waals surface area (Å²) < 4.78 is 23.3. The van der Waals surface area contributed by atoms with Crippen LogP contribution in [0.4, 0.5) is 0 Å². The van der Waals surface area contributed by atoms with Crippen molar-refractivity contribution < 1.29 is 23.7 Å². The Kier molecular flexibility index (Phi) is 9.28. The van der Waals surface area contributed by atoms with E-state index in [9.17, 15) is 4.79 Å². The maximum absolute atomic E-state index is 11.9. The highest BCUT2D eigenvalue weighted by Gasteiger charge is 2.16. The van der Waals surface area contributed by atoms with Crippen molar-refractivity contribution in [3.63, 3.8) is 0 Å². The molecule has 1 saturated heterocycles. The lowest BCUT2D eigenvalue weighted by Crippen LogP contribution is -2.24. The van der Waals surface area contributed by atoms with Crippen molar-refractivity contribution in [2.75, 3.05) is 19.8 Å². The van der Waals surface area contributed by atoms with Gasteiger partial charge in [-0.2, -0.15) is 0 Å². The standard InChI is InChI=1S/C22H29BrO5Si/c1-5-25-21(24)14-17(11-13-29(2,3)4)16-27-20-15-18(9-10-19(20)23)28-22-8-6-7-12-26-22/h9-10,14-15,22H,5-8,12,16H2,1-4H3/b17-14+. The van der Waals surface area contributed by atoms with Gasteiger partial charge in [0.1, 0.15) is 26.2 Å². The first-order valence-electron chi connectivity index (χ1n) is 9.88. The number of benzene rings is 1. The van der Waals surface area contributed by atoms with Gasteiger partial charge in [-0.15, -0.1) is 5.54 Å². The van der Waals surface area contributed by atoms with Gasteiger partial charge >= 0.3 is 5.97 Å². The van der Waals surface area contributed by atoms with Crippen LogP contribution in [0, 0.1) is 11.5 Å². The number of hydrogen-bond acceptors (Lipinski definition) is 5. The third-order valence-electron chi connectivity index (χ3n) is 3.87. The lowest BCUT2D eigenvalue weighted by molar-refractivity contribution is -0.137. The van der Waals surface area contributed by atoms with Gasteiger partial charge in [0, 0.05) is 24.1 Å². The summed E-state index contributed by atoms with van der Waals surface area (Å²) in [6.07, 6.45) is 4.23. The molecule has 0 amide bonds. The minimum absolute atomic E-state index is 0.165. The highest BCUT2D eigenvalue weighted by atomic mass is 79.9. The summed E-state index contributed by atoms with van der Waals surface area (Å²) >= 11 is 3.50. The molecule has 1 aliphatic heterocycles. The SMILES string of the molecule is CCOC(=O)/C=C(\C#C[Si](C)(C)C)COc1cc(OC2CCCCO2)ccc1Br. The molecule has 1 unspecified atom stereocenters. The van der Waals surface area contributed by atoms with E-state index in [0.29, 0.717) is 23.7 Å². The summed E-state index contributed by atoms with van der Waals surface area (Å²) in [4.78, 5) is 11.9. The third kappa shape index (κ3) is 9.07. The first kappa shape index (κ1) is 23.5. The summed E-state index contributed by atoms with van der Waals surface area (Å²) in [7, 11) is -1.60. The number of halogens is 1. The van der Waals surface area contributed by atoms with E-state index in [2.05, 4.69) is 47.0 Å². The van der Waals surface area contributed by atoms with Gasteiger partial charge in [0.05, 0.1) is 17.7 Å². The second kappa shape index (κ2) is 11.4. The second-order valence-corrected chi connectivity index (χ2v) is 13.3. The molecule has 0 aliphatic carbocycles. The topological polar surface area (TPSA) is 54.0 Å². The van der Waals surface area contributed by atoms with E-state index in [1.165, 1.54) is 6.08 Å². The molecule has 1 fully saturated rings. The molecule has 2 rings (SSSR count). The zero-order chi connectivity index (χ0) is 21.3. The Morgan fingerprint density at radius 3 is 2.79 bits per heavy atom. The number of hydrogen-bond donors (Lipinski definition) is 0. The van der Waals surface area contributed by atoms with Gasteiger partial charge in [0.25, 0.3) is 0 Å². The molecule has 1 aromatic rings. The quantitative estimate of drug-likeness (QED) is 0.235. The fourth-order valence-electron chi connectivity index (χ4n) is 2.49. The summed E-state index contributed by atoms with van der Waals surface area (Å²) in [5.74, 6) is 3.98. The molecular formula is C22H29BrO5Si. The molecule has 0 spiro atoms. The van der Waals surface area contributed by atoms with E-state index in [1.807, 2.05) is 18.2 Å². The first-order valence-corrected chi connectivity index (χ1v) is 14.2. The van der Waals surface area contributed by atoms with E-state index in [-0.39, 0.29) is 12.9 Å². The molecule has 7 heteroatoms. The Bertz CT molecular complexity index is 783. The van der Waals surface area contributed by atoms with E-state index in [1.54, 1.807) is 6.92 Å². The minimum Gasteiger partial charge on any atom is -0.487 e. The molecule has 1 heterocycles. The Hall–Kier alpha value is -1.75. The van der Waals surface area contributed by atoms with Crippen LogP contribution < -0.4 is 9.47 Å². The van der Waals surface area contributed by atoms with E-state index < -0.39 is 14.0 Å². The smallest absolute Gasteiger partial charge is 0.331 e. The summed E-state index contributed by atoms with van der Waals surface area (Å²) in [6.45, 7) is 9.42. The molecule has 158 valence electrons. The summed E-state index contributed by atoms with van der Waals surface area (Å²) in [5.41, 5.74) is 3.85. The molecule has 1 aromatic carbocycles. The second-order valence-electron chi connectivity index (χ2n) is 7.72. The van der Waals surface area contributed by atoms with Gasteiger partial charge in [-0.25, -0.2) is 4.79 Å². The number of esters is 1. The molecule has 0 saturated carbocycles. The highest BCUT2D eigenvalue weighted by Crippen LogP contribution is 2.31. The van der Waals surface area contributed by atoms with E-state index in [0.717, 1.165) is 30.3 Å². The first-order chi connectivity index (χ1) is 13.8. The fourth-order valence-corrected chi connectivity index (χ4v) is 3.38. The largest absolute Gasteiger partial charge is 0.487 e. The van der Waals surface area contributed by atoms with Crippen molar-refractivity contribution in [2.24, 2.45) is 0 Å². The number of carbonyl (C=O) groups is 1. The molecule has 1 aliphatic rings. The predicted octanol–water partition coefficient (Wildman–Crippen LogP) is 5.10. The lowest BCUT2D eigenvalue weighted by atomic mass is 10.2. The Labute approximate surface area is 182 Å². The molecule has 1 atom stereocenters. The average Bonchev–Trinajstić information content (AvgIpc) is 2.66. The minimum atomic E-state index is -1.60. The van der Waals surface area contributed by atoms with Crippen molar-refractivity contribution in [1.82, 2.24) is 0 Å². The maximum atomic E-state index is 11.9. The van der Waals surface area contributed by atoms with Gasteiger partial charge in [-0.3, -0.25) is 0 Å². The zero-order valence-electron chi connectivity index (χ0n) is 17.5. The molecule has 0 radical (unpaired) electrons. The van der Waals surface area contributed by atoms with E-state index in [4.69, 9.17) is 18.9 Å². The van der Waals surface area contributed by atoms with Crippen molar-refractivity contribution in [1.29, 1.82) is 0 Å². The van der Waals surface area contributed by atoms with Crippen LogP contribution in [0.5, 0.6) is 11.5 Å². The number of rotatable bonds is 7. The van der Waals surface area contributed by atoms with Crippen LogP contribution in [0.2, 0.25) is 19.6 Å². The zero-order valence-corrected chi connectivity index (χ0v) is 20.1. The lowest BCUT2D eigenvalue weighted by Gasteiger charge is -2.23. The van der Waals surface area contributed by atoms with Crippen LogP contribution in [0.15, 0.2) is 34.3 Å². The van der Waals surface area contributed by atoms with Gasteiger partial charge < -0.3 is 18.9 Å². The highest BCUT2D eigenvalue weighted by molar-refractivity contribution is 9.10. The van der Waals surface area contributed by atoms with Crippen molar-refractivity contribution in [3.05, 3.63) is 34.3 Å². The summed E-state index contributed by atoms with van der Waals surface area (Å²) in [5, 5.41) is 0. The van der Waals surface area contributed by atoms with Crippen LogP contribution in [0.3, 0.4) is 0 Å². The molecule has 0 aromatic heterocycles. The molecule has 5 nitrogen and oxygen atoms in total. The molecule has 0 bridgehead atoms. The number of ether oxygens (including phenoxy) is 4. The molecular weight excluding hydrogens is 452 g/mol. The van der Waals surface area contributed by atoms with Crippen molar-refractivity contribution in [2.45, 2.75) is 52.1 Å². The normalized spacial score (nSPS) is 17.1. The van der Waals surface area contributed by atoms with E-state index >= 15 is 0 Å². The molecule has 29 heavy (non-hydrogen) atoms. The summed E-state index contributed by atoms with van der Waals surface area (Å²) in [6, 6.07) is 5.56. The van der Waals surface area contributed by atoms with Crippen LogP contribution >= 0.6 is 15.9 Å². The third-order valence-corrected chi connectivity index (χ3v) is 5.40. The van der Waals surface area contributed by atoms with Gasteiger partial charge in [-0.1, -0.05) is 25.6 Å². The van der Waals surface area contributed by atoms with Crippen LogP contribution in [-0.4, -0.2) is 40.2 Å². The van der Waals surface area contributed by atoms with Gasteiger partial charge in [0.15, 0.2) is 6.29 Å². The predicted molar refractivity (Wildman–Crippen MR) is 120 cm³/mol. The maximum Gasteiger partial charge on any atom is 0.331 e. The van der Waals surface area contributed by atoms with Crippen LogP contribution in [0.25, 0.3) is 0 Å². The molecule has 0 N–H and O–H groups in total. The fraction of sp³-hybridized carbons (Fsp3) is 0.500. The van der Waals surface area contributed by atoms with Crippen LogP contribution in [-0.2, 0) is 14.3 Å². The Morgan fingerprint density at radius 1 is 1.34 bits per heavy atom. The van der Waals surface area contributed by atoms with Crippen molar-refractivity contribution >= 4 is 30.0 Å².